The normalized spacial score (nSPS) is 22.8. The van der Waals surface area contributed by atoms with Crippen LogP contribution in [0.3, 0.4) is 0 Å². The van der Waals surface area contributed by atoms with E-state index in [0.29, 0.717) is 23.4 Å². The molecule has 1 aromatic rings. The second-order valence-corrected chi connectivity index (χ2v) is 5.29. The number of hydrogen-bond acceptors (Lipinski definition) is 3. The molecule has 0 aromatic heterocycles. The number of carbonyl (C=O) groups excluding carboxylic acids is 1. The maximum absolute atomic E-state index is 11.8. The van der Waals surface area contributed by atoms with Gasteiger partial charge in [0.25, 0.3) is 5.91 Å². The third-order valence-corrected chi connectivity index (χ3v) is 3.71. The van der Waals surface area contributed by atoms with Gasteiger partial charge in [0, 0.05) is 11.7 Å². The maximum atomic E-state index is 11.8. The second kappa shape index (κ2) is 6.45. The third-order valence-electron chi connectivity index (χ3n) is 3.71. The molecule has 4 heteroatoms. The van der Waals surface area contributed by atoms with E-state index in [2.05, 4.69) is 12.2 Å². The van der Waals surface area contributed by atoms with Crippen molar-refractivity contribution in [3.63, 3.8) is 0 Å². The molecular weight excluding hydrogens is 240 g/mol. The molecule has 19 heavy (non-hydrogen) atoms. The van der Waals surface area contributed by atoms with Gasteiger partial charge < -0.3 is 15.8 Å². The summed E-state index contributed by atoms with van der Waals surface area (Å²) in [4.78, 5) is 11.8. The van der Waals surface area contributed by atoms with E-state index < -0.39 is 0 Å². The largest absolute Gasteiger partial charge is 0.484 e. The number of carbonyl (C=O) groups is 1. The van der Waals surface area contributed by atoms with Crippen molar-refractivity contribution in [3.05, 3.63) is 24.3 Å². The summed E-state index contributed by atoms with van der Waals surface area (Å²) < 4.78 is 5.43. The summed E-state index contributed by atoms with van der Waals surface area (Å²) >= 11 is 0. The summed E-state index contributed by atoms with van der Waals surface area (Å²) in [6.07, 6.45) is 4.75. The van der Waals surface area contributed by atoms with Crippen LogP contribution in [0.2, 0.25) is 0 Å². The maximum Gasteiger partial charge on any atom is 0.258 e. The molecule has 0 bridgehead atoms. The average molecular weight is 262 g/mol. The Morgan fingerprint density at radius 1 is 1.32 bits per heavy atom. The quantitative estimate of drug-likeness (QED) is 0.819. The number of hydrogen-bond donors (Lipinski definition) is 2. The van der Waals surface area contributed by atoms with Gasteiger partial charge in [0.2, 0.25) is 0 Å². The van der Waals surface area contributed by atoms with Gasteiger partial charge >= 0.3 is 0 Å². The van der Waals surface area contributed by atoms with Crippen LogP contribution in [0.1, 0.15) is 32.6 Å². The number of rotatable bonds is 4. The molecule has 1 saturated carbocycles. The number of amides is 1. The molecule has 4 nitrogen and oxygen atoms in total. The van der Waals surface area contributed by atoms with E-state index in [0.717, 1.165) is 6.42 Å². The molecule has 2 rings (SSSR count). The lowest BCUT2D eigenvalue weighted by molar-refractivity contribution is -0.124. The highest BCUT2D eigenvalue weighted by molar-refractivity contribution is 5.77. The van der Waals surface area contributed by atoms with Crippen LogP contribution in [0, 0.1) is 5.92 Å². The molecule has 1 aliphatic rings. The van der Waals surface area contributed by atoms with Crippen LogP contribution in [0.25, 0.3) is 0 Å². The van der Waals surface area contributed by atoms with Crippen molar-refractivity contribution in [1.29, 1.82) is 0 Å². The van der Waals surface area contributed by atoms with Crippen LogP contribution in [0.5, 0.6) is 5.75 Å². The summed E-state index contributed by atoms with van der Waals surface area (Å²) in [5, 5.41) is 3.06. The van der Waals surface area contributed by atoms with Crippen LogP contribution in [0.4, 0.5) is 5.69 Å². The summed E-state index contributed by atoms with van der Waals surface area (Å²) in [5.41, 5.74) is 6.27. The minimum absolute atomic E-state index is 0.0458. The Balaban J connectivity index is 1.76. The van der Waals surface area contributed by atoms with Crippen molar-refractivity contribution in [2.75, 3.05) is 12.3 Å². The van der Waals surface area contributed by atoms with E-state index >= 15 is 0 Å². The zero-order valence-corrected chi connectivity index (χ0v) is 11.4. The van der Waals surface area contributed by atoms with Crippen molar-refractivity contribution in [1.82, 2.24) is 5.32 Å². The number of nitrogens with one attached hydrogen (secondary N) is 1. The number of nitrogen functional groups attached to an aromatic ring is 1. The molecule has 1 amide bonds. The van der Waals surface area contributed by atoms with Gasteiger partial charge in [0.1, 0.15) is 5.75 Å². The summed E-state index contributed by atoms with van der Waals surface area (Å²) in [5.74, 6) is 1.19. The highest BCUT2D eigenvalue weighted by atomic mass is 16.5. The Bertz CT molecular complexity index is 417. The minimum Gasteiger partial charge on any atom is -0.484 e. The van der Waals surface area contributed by atoms with Crippen LogP contribution in [-0.4, -0.2) is 18.6 Å². The molecule has 1 fully saturated rings. The standard InChI is InChI=1S/C15H22N2O2/c1-11-4-2-3-5-14(11)17-15(18)10-19-13-8-6-12(16)7-9-13/h6-9,11,14H,2-5,10,16H2,1H3,(H,17,18). The SMILES string of the molecule is CC1CCCCC1NC(=O)COc1ccc(N)cc1. The molecule has 1 aromatic carbocycles. The van der Waals surface area contributed by atoms with Gasteiger partial charge in [-0.05, 0) is 43.0 Å². The first-order valence-electron chi connectivity index (χ1n) is 6.93. The van der Waals surface area contributed by atoms with Crippen molar-refractivity contribution in [2.24, 2.45) is 5.92 Å². The van der Waals surface area contributed by atoms with Gasteiger partial charge in [-0.3, -0.25) is 4.79 Å². The number of benzene rings is 1. The smallest absolute Gasteiger partial charge is 0.258 e. The average Bonchev–Trinajstić information content (AvgIpc) is 2.41. The van der Waals surface area contributed by atoms with Crippen molar-refractivity contribution in [3.8, 4) is 5.75 Å². The Labute approximate surface area is 114 Å². The second-order valence-electron chi connectivity index (χ2n) is 5.29. The predicted octanol–water partition coefficient (Wildman–Crippen LogP) is 2.34. The van der Waals surface area contributed by atoms with E-state index in [1.807, 2.05) is 0 Å². The van der Waals surface area contributed by atoms with Crippen molar-refractivity contribution < 1.29 is 9.53 Å². The predicted molar refractivity (Wildman–Crippen MR) is 75.9 cm³/mol. The van der Waals surface area contributed by atoms with Gasteiger partial charge in [-0.2, -0.15) is 0 Å². The van der Waals surface area contributed by atoms with Crippen molar-refractivity contribution >= 4 is 11.6 Å². The fraction of sp³-hybridized carbons (Fsp3) is 0.533. The van der Waals surface area contributed by atoms with Gasteiger partial charge in [-0.1, -0.05) is 19.8 Å². The molecule has 0 heterocycles. The van der Waals surface area contributed by atoms with Crippen LogP contribution in [-0.2, 0) is 4.79 Å². The van der Waals surface area contributed by atoms with E-state index in [1.54, 1.807) is 24.3 Å². The van der Waals surface area contributed by atoms with E-state index in [4.69, 9.17) is 10.5 Å². The third kappa shape index (κ3) is 4.16. The molecule has 0 radical (unpaired) electrons. The minimum atomic E-state index is -0.0458. The molecule has 0 saturated heterocycles. The molecular formula is C15H22N2O2. The first-order valence-corrected chi connectivity index (χ1v) is 6.93. The number of anilines is 1. The lowest BCUT2D eigenvalue weighted by Gasteiger charge is -2.29. The van der Waals surface area contributed by atoms with Crippen molar-refractivity contribution in [2.45, 2.75) is 38.6 Å². The lowest BCUT2D eigenvalue weighted by atomic mass is 9.86. The highest BCUT2D eigenvalue weighted by Gasteiger charge is 2.22. The molecule has 0 spiro atoms. The highest BCUT2D eigenvalue weighted by Crippen LogP contribution is 2.23. The first-order chi connectivity index (χ1) is 9.15. The first kappa shape index (κ1) is 13.7. The Morgan fingerprint density at radius 3 is 2.68 bits per heavy atom. The number of nitrogens with two attached hydrogens (primary N) is 1. The molecule has 1 aliphatic carbocycles. The monoisotopic (exact) mass is 262 g/mol. The van der Waals surface area contributed by atoms with Crippen LogP contribution in [0.15, 0.2) is 24.3 Å². The van der Waals surface area contributed by atoms with Gasteiger partial charge in [0.05, 0.1) is 0 Å². The summed E-state index contributed by atoms with van der Waals surface area (Å²) in [7, 11) is 0. The fourth-order valence-electron chi connectivity index (χ4n) is 2.49. The van der Waals surface area contributed by atoms with Gasteiger partial charge in [-0.25, -0.2) is 0 Å². The molecule has 104 valence electrons. The van der Waals surface area contributed by atoms with E-state index in [-0.39, 0.29) is 12.5 Å². The Morgan fingerprint density at radius 2 is 2.00 bits per heavy atom. The molecule has 3 N–H and O–H groups in total. The summed E-state index contributed by atoms with van der Waals surface area (Å²) in [6, 6.07) is 7.36. The molecule has 0 aliphatic heterocycles. The Hall–Kier alpha value is -1.71. The Kier molecular flexibility index (Phi) is 4.66. The zero-order chi connectivity index (χ0) is 13.7. The fourth-order valence-corrected chi connectivity index (χ4v) is 2.49. The van der Waals surface area contributed by atoms with Crippen LogP contribution < -0.4 is 15.8 Å². The van der Waals surface area contributed by atoms with E-state index in [1.165, 1.54) is 19.3 Å². The van der Waals surface area contributed by atoms with E-state index in [9.17, 15) is 4.79 Å². The zero-order valence-electron chi connectivity index (χ0n) is 11.4. The van der Waals surface area contributed by atoms with Gasteiger partial charge in [-0.15, -0.1) is 0 Å². The summed E-state index contributed by atoms with van der Waals surface area (Å²) in [6.45, 7) is 2.26. The topological polar surface area (TPSA) is 64.3 Å². The van der Waals surface area contributed by atoms with Gasteiger partial charge in [0.15, 0.2) is 6.61 Å². The lowest BCUT2D eigenvalue weighted by Crippen LogP contribution is -2.43. The molecule has 2 atom stereocenters. The number of ether oxygens (including phenoxy) is 1. The molecule has 2 unspecified atom stereocenters. The van der Waals surface area contributed by atoms with Crippen LogP contribution >= 0.6 is 0 Å².